The molecule has 3 rings (SSSR count). The number of cyclic esters (lactones) is 1. The molecule has 0 unspecified atom stereocenters. The van der Waals surface area contributed by atoms with E-state index in [1.54, 1.807) is 31.2 Å². The first-order valence-corrected chi connectivity index (χ1v) is 13.0. The second-order valence-corrected chi connectivity index (χ2v) is 10.2. The van der Waals surface area contributed by atoms with Gasteiger partial charge in [0.25, 0.3) is 5.91 Å². The maximum absolute atomic E-state index is 13.2. The van der Waals surface area contributed by atoms with Gasteiger partial charge < -0.3 is 24.5 Å². The van der Waals surface area contributed by atoms with Gasteiger partial charge in [0, 0.05) is 25.4 Å². The second kappa shape index (κ2) is 13.3. The van der Waals surface area contributed by atoms with Crippen LogP contribution in [0.4, 0.5) is 0 Å². The third-order valence-corrected chi connectivity index (χ3v) is 6.55. The first-order valence-electron chi connectivity index (χ1n) is 13.0. The standard InChI is InChI=1S/C28H37N3O7/c1-17(2)26-19(4)9-10-24(34)29-11-5-7-18(3)13-20(32)14-21(33)15-25-30-22(16-37-25)27(35)31-12-6-8-23(31)28(36)38-26/h5,7,9-10,13,16-17,19-20,23,26,32H,6,8,11-12,14-15H2,1-4H3,(H,29,34)/b7-5-,10-9+,18-13+/t19-,20-,23-,26-/m1/s1. The number of Topliss-reactive ketones (excluding diaryl/α,β-unsaturated/α-hetero) is 1. The molecule has 3 heterocycles. The molecular formula is C28H37N3O7. The zero-order valence-corrected chi connectivity index (χ0v) is 22.4. The van der Waals surface area contributed by atoms with Gasteiger partial charge in [-0.05, 0) is 31.8 Å². The number of amides is 2. The van der Waals surface area contributed by atoms with E-state index in [1.807, 2.05) is 20.8 Å². The molecule has 1 fully saturated rings. The highest BCUT2D eigenvalue weighted by molar-refractivity contribution is 5.95. The van der Waals surface area contributed by atoms with Crippen molar-refractivity contribution in [2.45, 2.75) is 71.6 Å². The van der Waals surface area contributed by atoms with E-state index in [0.717, 1.165) is 5.57 Å². The number of rotatable bonds is 1. The smallest absolute Gasteiger partial charge is 0.329 e. The van der Waals surface area contributed by atoms with Crippen LogP contribution in [0.15, 0.2) is 46.6 Å². The Morgan fingerprint density at radius 2 is 1.95 bits per heavy atom. The van der Waals surface area contributed by atoms with Gasteiger partial charge in [0.1, 0.15) is 24.2 Å². The van der Waals surface area contributed by atoms with E-state index in [-0.39, 0.29) is 54.5 Å². The van der Waals surface area contributed by atoms with Crippen molar-refractivity contribution >= 4 is 23.6 Å². The summed E-state index contributed by atoms with van der Waals surface area (Å²) in [6.07, 6.45) is 8.62. The third kappa shape index (κ3) is 7.98. The van der Waals surface area contributed by atoms with Crippen molar-refractivity contribution in [3.05, 3.63) is 53.8 Å². The normalized spacial score (nSPS) is 29.7. The maximum atomic E-state index is 13.2. The van der Waals surface area contributed by atoms with Crippen LogP contribution in [0.2, 0.25) is 0 Å². The molecule has 1 saturated heterocycles. The average Bonchev–Trinajstić information content (AvgIpc) is 3.52. The lowest BCUT2D eigenvalue weighted by atomic mass is 9.94. The fourth-order valence-corrected chi connectivity index (χ4v) is 4.66. The molecule has 38 heavy (non-hydrogen) atoms. The van der Waals surface area contributed by atoms with E-state index in [0.29, 0.717) is 19.4 Å². The van der Waals surface area contributed by atoms with E-state index in [9.17, 15) is 24.3 Å². The quantitative estimate of drug-likeness (QED) is 0.531. The number of hydrogen-bond donors (Lipinski definition) is 2. The zero-order chi connectivity index (χ0) is 27.8. The highest BCUT2D eigenvalue weighted by atomic mass is 16.5. The minimum Gasteiger partial charge on any atom is -0.460 e. The van der Waals surface area contributed by atoms with Gasteiger partial charge in [0.05, 0.1) is 12.5 Å². The lowest BCUT2D eigenvalue weighted by Crippen LogP contribution is -2.44. The Morgan fingerprint density at radius 3 is 2.68 bits per heavy atom. The van der Waals surface area contributed by atoms with E-state index in [4.69, 9.17) is 9.15 Å². The van der Waals surface area contributed by atoms with Gasteiger partial charge in [-0.25, -0.2) is 9.78 Å². The van der Waals surface area contributed by atoms with Crippen LogP contribution in [-0.4, -0.2) is 69.9 Å². The molecule has 2 aliphatic rings. The number of ketones is 1. The highest BCUT2D eigenvalue weighted by Gasteiger charge is 2.38. The summed E-state index contributed by atoms with van der Waals surface area (Å²) in [6, 6.07) is -0.761. The van der Waals surface area contributed by atoms with Crippen molar-refractivity contribution in [1.82, 2.24) is 15.2 Å². The predicted molar refractivity (Wildman–Crippen MR) is 139 cm³/mol. The largest absolute Gasteiger partial charge is 0.460 e. The minimum atomic E-state index is -1.01. The van der Waals surface area contributed by atoms with Gasteiger partial charge in [-0.1, -0.05) is 50.6 Å². The van der Waals surface area contributed by atoms with E-state index < -0.39 is 30.1 Å². The third-order valence-electron chi connectivity index (χ3n) is 6.55. The summed E-state index contributed by atoms with van der Waals surface area (Å²) in [6.45, 7) is 8.16. The molecule has 2 N–H and O–H groups in total. The van der Waals surface area contributed by atoms with Crippen LogP contribution >= 0.6 is 0 Å². The number of aromatic nitrogens is 1. The van der Waals surface area contributed by atoms with Gasteiger partial charge in [0.2, 0.25) is 11.8 Å². The van der Waals surface area contributed by atoms with Crippen molar-refractivity contribution < 1.29 is 33.4 Å². The molecule has 2 amide bonds. The highest BCUT2D eigenvalue weighted by Crippen LogP contribution is 2.25. The molecule has 2 aliphatic heterocycles. The molecule has 0 radical (unpaired) electrons. The summed E-state index contributed by atoms with van der Waals surface area (Å²) >= 11 is 0. The number of nitrogens with one attached hydrogen (secondary N) is 1. The Morgan fingerprint density at radius 1 is 1.18 bits per heavy atom. The van der Waals surface area contributed by atoms with Gasteiger partial charge in [-0.15, -0.1) is 0 Å². The Hall–Kier alpha value is -3.53. The second-order valence-electron chi connectivity index (χ2n) is 10.2. The molecule has 206 valence electrons. The summed E-state index contributed by atoms with van der Waals surface area (Å²) in [5, 5.41) is 13.0. The van der Waals surface area contributed by atoms with Gasteiger partial charge >= 0.3 is 5.97 Å². The van der Waals surface area contributed by atoms with Gasteiger partial charge in [0.15, 0.2) is 5.69 Å². The van der Waals surface area contributed by atoms with Crippen LogP contribution in [-0.2, 0) is 25.5 Å². The summed E-state index contributed by atoms with van der Waals surface area (Å²) in [5.74, 6) is -1.76. The van der Waals surface area contributed by atoms with Crippen molar-refractivity contribution in [2.24, 2.45) is 11.8 Å². The van der Waals surface area contributed by atoms with E-state index >= 15 is 0 Å². The number of oxazole rings is 1. The Kier molecular flexibility index (Phi) is 10.2. The lowest BCUT2D eigenvalue weighted by Gasteiger charge is -2.29. The minimum absolute atomic E-state index is 0.00930. The molecule has 0 saturated carbocycles. The Labute approximate surface area is 222 Å². The fourth-order valence-electron chi connectivity index (χ4n) is 4.66. The molecule has 0 aromatic carbocycles. The van der Waals surface area contributed by atoms with E-state index in [1.165, 1.54) is 17.2 Å². The number of aliphatic hydroxyl groups excluding tert-OH is 1. The first-order chi connectivity index (χ1) is 18.0. The van der Waals surface area contributed by atoms with Crippen molar-refractivity contribution in [3.8, 4) is 0 Å². The topological polar surface area (TPSA) is 139 Å². The molecule has 1 aromatic heterocycles. The number of carbonyl (C=O) groups excluding carboxylic acids is 4. The van der Waals surface area contributed by atoms with E-state index in [2.05, 4.69) is 10.3 Å². The average molecular weight is 528 g/mol. The number of allylic oxidation sites excluding steroid dienone is 2. The van der Waals surface area contributed by atoms with Crippen molar-refractivity contribution in [3.63, 3.8) is 0 Å². The molecular weight excluding hydrogens is 490 g/mol. The van der Waals surface area contributed by atoms with Gasteiger partial charge in [-0.3, -0.25) is 14.4 Å². The zero-order valence-electron chi connectivity index (χ0n) is 22.4. The summed E-state index contributed by atoms with van der Waals surface area (Å²) in [7, 11) is 0. The first kappa shape index (κ1) is 29.0. The number of nitrogens with zero attached hydrogens (tertiary/aromatic N) is 2. The Bertz CT molecular complexity index is 1120. The molecule has 0 aliphatic carbocycles. The molecule has 4 atom stereocenters. The van der Waals surface area contributed by atoms with Crippen LogP contribution < -0.4 is 5.32 Å². The summed E-state index contributed by atoms with van der Waals surface area (Å²) < 4.78 is 11.2. The molecule has 10 heteroatoms. The number of aliphatic hydroxyl groups is 1. The van der Waals surface area contributed by atoms with Crippen LogP contribution in [0.5, 0.6) is 0 Å². The number of fused-ring (bicyclic) bond motifs is 3. The van der Waals surface area contributed by atoms with Crippen LogP contribution in [0.3, 0.4) is 0 Å². The number of carbonyl (C=O) groups is 4. The molecule has 2 bridgehead atoms. The number of ether oxygens (including phenoxy) is 1. The van der Waals surface area contributed by atoms with Crippen molar-refractivity contribution in [1.29, 1.82) is 0 Å². The summed E-state index contributed by atoms with van der Waals surface area (Å²) in [4.78, 5) is 56.6. The molecule has 10 nitrogen and oxygen atoms in total. The fraction of sp³-hybridized carbons (Fsp3) is 0.536. The van der Waals surface area contributed by atoms with Crippen LogP contribution in [0.1, 0.15) is 63.3 Å². The molecule has 1 aromatic rings. The van der Waals surface area contributed by atoms with Crippen LogP contribution in [0, 0.1) is 11.8 Å². The predicted octanol–water partition coefficient (Wildman–Crippen LogP) is 2.53. The van der Waals surface area contributed by atoms with Crippen molar-refractivity contribution in [2.75, 3.05) is 13.1 Å². The summed E-state index contributed by atoms with van der Waals surface area (Å²) in [5.41, 5.74) is 0.739. The Balaban J connectivity index is 1.85. The monoisotopic (exact) mass is 527 g/mol. The van der Waals surface area contributed by atoms with Gasteiger partial charge in [-0.2, -0.15) is 0 Å². The van der Waals surface area contributed by atoms with Crippen LogP contribution in [0.25, 0.3) is 0 Å². The molecule has 0 spiro atoms. The number of hydrogen-bond acceptors (Lipinski definition) is 8. The lowest BCUT2D eigenvalue weighted by molar-refractivity contribution is -0.158. The maximum Gasteiger partial charge on any atom is 0.329 e. The number of esters is 1. The SMILES string of the molecule is CC1=C\[C@@H](O)CC(=O)Cc2nc(co2)C(=O)N2CCC[C@@H]2C(=O)O[C@H](C(C)C)[C@H](C)/C=C/C(=O)NC/C=C\1.